The molecule has 1 aromatic heterocycles. The molecular formula is C25H21FN2O6S. The maximum Gasteiger partial charge on any atom is 0.350 e. The van der Waals surface area contributed by atoms with E-state index in [-0.39, 0.29) is 32.4 Å². The lowest BCUT2D eigenvalue weighted by Gasteiger charge is -2.23. The van der Waals surface area contributed by atoms with Crippen molar-refractivity contribution in [2.75, 3.05) is 19.1 Å². The van der Waals surface area contributed by atoms with Gasteiger partial charge in [0.2, 0.25) is 0 Å². The number of aliphatic hydroxyl groups excluding tert-OH is 1. The molecule has 1 saturated heterocycles. The number of aliphatic hydroxyl groups is 1. The van der Waals surface area contributed by atoms with Gasteiger partial charge < -0.3 is 14.6 Å². The van der Waals surface area contributed by atoms with E-state index in [1.807, 2.05) is 0 Å². The molecule has 0 bridgehead atoms. The van der Waals surface area contributed by atoms with Crippen LogP contribution in [0.25, 0.3) is 5.76 Å². The number of amides is 1. The molecular weight excluding hydrogens is 475 g/mol. The number of hydrogen-bond donors (Lipinski definition) is 1. The summed E-state index contributed by atoms with van der Waals surface area (Å²) in [7, 11) is 2.72. The van der Waals surface area contributed by atoms with Crippen molar-refractivity contribution in [3.63, 3.8) is 0 Å². The van der Waals surface area contributed by atoms with Crippen LogP contribution in [0.4, 0.5) is 9.52 Å². The number of anilines is 1. The highest BCUT2D eigenvalue weighted by Crippen LogP contribution is 2.44. The number of Topliss-reactive ketones (excluding diaryl/α,β-unsaturated/α-hetero) is 1. The minimum atomic E-state index is -1.31. The van der Waals surface area contributed by atoms with E-state index in [9.17, 15) is 23.9 Å². The number of carbonyl (C=O) groups is 3. The molecule has 0 spiro atoms. The van der Waals surface area contributed by atoms with Crippen molar-refractivity contribution in [3.8, 4) is 5.75 Å². The molecule has 35 heavy (non-hydrogen) atoms. The number of benzene rings is 2. The van der Waals surface area contributed by atoms with E-state index < -0.39 is 35.3 Å². The summed E-state index contributed by atoms with van der Waals surface area (Å²) in [6.45, 7) is 3.32. The number of carbonyl (C=O) groups excluding carboxylic acids is 3. The number of thiazole rings is 1. The highest BCUT2D eigenvalue weighted by Gasteiger charge is 2.49. The van der Waals surface area contributed by atoms with Gasteiger partial charge in [0.1, 0.15) is 28.2 Å². The molecule has 0 saturated carbocycles. The van der Waals surface area contributed by atoms with Crippen LogP contribution in [0.5, 0.6) is 5.75 Å². The normalized spacial score (nSPS) is 17.1. The van der Waals surface area contributed by atoms with Crippen LogP contribution in [0.2, 0.25) is 0 Å². The lowest BCUT2D eigenvalue weighted by Crippen LogP contribution is -2.29. The van der Waals surface area contributed by atoms with E-state index in [1.54, 1.807) is 32.0 Å². The van der Waals surface area contributed by atoms with Gasteiger partial charge in [-0.15, -0.1) is 0 Å². The zero-order valence-corrected chi connectivity index (χ0v) is 20.1. The monoisotopic (exact) mass is 496 g/mol. The van der Waals surface area contributed by atoms with Crippen molar-refractivity contribution < 1.29 is 33.4 Å². The molecule has 2 aromatic carbocycles. The maximum absolute atomic E-state index is 15.0. The van der Waals surface area contributed by atoms with E-state index in [2.05, 4.69) is 4.98 Å². The Balaban J connectivity index is 1.95. The van der Waals surface area contributed by atoms with Crippen LogP contribution in [-0.2, 0) is 14.3 Å². The standard InChI is InChI=1S/C25H21FN2O6S/c1-12-11-14(9-10-17(12)33-3)20(29)18-19(15-7-5-6-8-16(15)26)28(23(31)21(18)30)25-27-13(2)22(35-25)24(32)34-4/h5-11,19,29H,1-4H3. The molecule has 4 rings (SSSR count). The third kappa shape index (κ3) is 4.06. The minimum absolute atomic E-state index is 0.00298. The van der Waals surface area contributed by atoms with Crippen LogP contribution in [0, 0.1) is 19.7 Å². The van der Waals surface area contributed by atoms with E-state index in [0.717, 1.165) is 16.2 Å². The first-order chi connectivity index (χ1) is 16.7. The number of rotatable bonds is 5. The van der Waals surface area contributed by atoms with Crippen LogP contribution in [-0.4, -0.2) is 42.0 Å². The number of aryl methyl sites for hydroxylation is 2. The molecule has 1 aliphatic heterocycles. The number of methoxy groups -OCH3 is 2. The van der Waals surface area contributed by atoms with Gasteiger partial charge in [-0.1, -0.05) is 29.5 Å². The summed E-state index contributed by atoms with van der Waals surface area (Å²) in [5.74, 6) is -3.24. The molecule has 2 heterocycles. The number of ketones is 1. The molecule has 1 N–H and O–H groups in total. The van der Waals surface area contributed by atoms with E-state index in [4.69, 9.17) is 9.47 Å². The van der Waals surface area contributed by atoms with E-state index >= 15 is 0 Å². The Labute approximate surface area is 204 Å². The van der Waals surface area contributed by atoms with Crippen LogP contribution in [0.15, 0.2) is 48.0 Å². The fourth-order valence-electron chi connectivity index (χ4n) is 3.97. The molecule has 180 valence electrons. The zero-order chi connectivity index (χ0) is 25.4. The number of hydrogen-bond acceptors (Lipinski definition) is 8. The molecule has 3 aromatic rings. The number of esters is 1. The second kappa shape index (κ2) is 9.30. The third-order valence-corrected chi connectivity index (χ3v) is 6.81. The van der Waals surface area contributed by atoms with Gasteiger partial charge >= 0.3 is 11.9 Å². The Morgan fingerprint density at radius 2 is 1.86 bits per heavy atom. The average molecular weight is 497 g/mol. The predicted octanol–water partition coefficient (Wildman–Crippen LogP) is 4.32. The van der Waals surface area contributed by atoms with Gasteiger partial charge in [0.05, 0.1) is 25.5 Å². The highest BCUT2D eigenvalue weighted by atomic mass is 32.1. The fraction of sp³-hybridized carbons (Fsp3) is 0.200. The summed E-state index contributed by atoms with van der Waals surface area (Å²) in [5.41, 5.74) is 0.930. The van der Waals surface area contributed by atoms with Crippen molar-refractivity contribution in [2.24, 2.45) is 0 Å². The summed E-state index contributed by atoms with van der Waals surface area (Å²) in [4.78, 5) is 44.0. The van der Waals surface area contributed by atoms with Gasteiger partial charge in [-0.3, -0.25) is 14.5 Å². The predicted molar refractivity (Wildman–Crippen MR) is 127 cm³/mol. The van der Waals surface area contributed by atoms with Crippen LogP contribution in [0.3, 0.4) is 0 Å². The molecule has 1 amide bonds. The molecule has 1 fully saturated rings. The molecule has 1 unspecified atom stereocenters. The Morgan fingerprint density at radius 3 is 2.49 bits per heavy atom. The minimum Gasteiger partial charge on any atom is -0.507 e. The van der Waals surface area contributed by atoms with Crippen molar-refractivity contribution in [2.45, 2.75) is 19.9 Å². The smallest absolute Gasteiger partial charge is 0.350 e. The van der Waals surface area contributed by atoms with Crippen molar-refractivity contribution in [1.82, 2.24) is 4.98 Å². The SMILES string of the molecule is COC(=O)c1sc(N2C(=O)C(=O)C(=C(O)c3ccc(OC)c(C)c3)C2c2ccccc2F)nc1C. The Kier molecular flexibility index (Phi) is 6.40. The first-order valence-electron chi connectivity index (χ1n) is 10.5. The Morgan fingerprint density at radius 1 is 1.14 bits per heavy atom. The highest BCUT2D eigenvalue weighted by molar-refractivity contribution is 7.17. The van der Waals surface area contributed by atoms with Gasteiger partial charge in [-0.25, -0.2) is 14.2 Å². The summed E-state index contributed by atoms with van der Waals surface area (Å²) < 4.78 is 25.0. The molecule has 10 heteroatoms. The van der Waals surface area contributed by atoms with Gasteiger partial charge in [-0.05, 0) is 43.7 Å². The molecule has 0 radical (unpaired) electrons. The van der Waals surface area contributed by atoms with Crippen LogP contribution >= 0.6 is 11.3 Å². The van der Waals surface area contributed by atoms with E-state index in [1.165, 1.54) is 38.5 Å². The molecule has 1 atom stereocenters. The average Bonchev–Trinajstić information content (AvgIpc) is 3.35. The second-order valence-electron chi connectivity index (χ2n) is 7.78. The number of ether oxygens (including phenoxy) is 2. The topological polar surface area (TPSA) is 106 Å². The quantitative estimate of drug-likeness (QED) is 0.243. The summed E-state index contributed by atoms with van der Waals surface area (Å²) in [5, 5.41) is 11.2. The molecule has 1 aliphatic rings. The lowest BCUT2D eigenvalue weighted by atomic mass is 9.94. The number of halogens is 1. The third-order valence-electron chi connectivity index (χ3n) is 5.67. The summed E-state index contributed by atoms with van der Waals surface area (Å²) in [6.07, 6.45) is 0. The van der Waals surface area contributed by atoms with Crippen molar-refractivity contribution in [3.05, 3.63) is 81.1 Å². The second-order valence-corrected chi connectivity index (χ2v) is 8.76. The van der Waals surface area contributed by atoms with Gasteiger partial charge in [-0.2, -0.15) is 0 Å². The van der Waals surface area contributed by atoms with Crippen molar-refractivity contribution in [1.29, 1.82) is 0 Å². The summed E-state index contributed by atoms with van der Waals surface area (Å²) in [6, 6.07) is 9.09. The number of nitrogens with zero attached hydrogens (tertiary/aromatic N) is 2. The van der Waals surface area contributed by atoms with Crippen LogP contribution in [0.1, 0.15) is 38.1 Å². The molecule has 0 aliphatic carbocycles. The van der Waals surface area contributed by atoms with Crippen LogP contribution < -0.4 is 9.64 Å². The maximum atomic E-state index is 15.0. The first-order valence-corrected chi connectivity index (χ1v) is 11.3. The van der Waals surface area contributed by atoms with Gasteiger partial charge in [0, 0.05) is 11.1 Å². The van der Waals surface area contributed by atoms with E-state index in [0.29, 0.717) is 11.3 Å². The Bertz CT molecular complexity index is 1400. The summed E-state index contributed by atoms with van der Waals surface area (Å²) >= 11 is 0.840. The lowest BCUT2D eigenvalue weighted by molar-refractivity contribution is -0.132. The zero-order valence-electron chi connectivity index (χ0n) is 19.3. The number of aromatic nitrogens is 1. The van der Waals surface area contributed by atoms with Gasteiger partial charge in [0.15, 0.2) is 5.13 Å². The Hall–Kier alpha value is -4.05. The first kappa shape index (κ1) is 24.1. The largest absolute Gasteiger partial charge is 0.507 e. The fourth-order valence-corrected chi connectivity index (χ4v) is 4.98. The van der Waals surface area contributed by atoms with Gasteiger partial charge in [0.25, 0.3) is 5.78 Å². The molecule has 8 nitrogen and oxygen atoms in total. The van der Waals surface area contributed by atoms with Crippen molar-refractivity contribution >= 4 is 39.9 Å².